The Hall–Kier alpha value is -2.32. The van der Waals surface area contributed by atoms with Crippen molar-refractivity contribution < 1.29 is 21.6 Å². The summed E-state index contributed by atoms with van der Waals surface area (Å²) >= 11 is 0. The van der Waals surface area contributed by atoms with Gasteiger partial charge in [-0.25, -0.2) is 17.5 Å². The minimum Gasteiger partial charge on any atom is -0.210 e. The molecule has 0 aliphatic rings. The van der Waals surface area contributed by atoms with E-state index in [1.807, 2.05) is 0 Å². The van der Waals surface area contributed by atoms with Gasteiger partial charge < -0.3 is 0 Å². The van der Waals surface area contributed by atoms with Crippen LogP contribution in [0.3, 0.4) is 0 Å². The molecule has 0 saturated heterocycles. The highest BCUT2D eigenvalue weighted by atomic mass is 32.2. The zero-order valence-electron chi connectivity index (χ0n) is 12.9. The first kappa shape index (κ1) is 18.0. The van der Waals surface area contributed by atoms with Gasteiger partial charge in [-0.2, -0.15) is 8.42 Å². The lowest BCUT2D eigenvalue weighted by atomic mass is 10.1. The molecule has 0 aromatic heterocycles. The maximum atomic E-state index is 12.4. The van der Waals surface area contributed by atoms with Crippen molar-refractivity contribution in [3.63, 3.8) is 0 Å². The Labute approximate surface area is 140 Å². The normalized spacial score (nSPS) is 12.0. The monoisotopic (exact) mass is 366 g/mol. The number of isocyanates is 1. The molecule has 126 valence electrons. The number of nitrogens with zero attached hydrogens (tertiary/aromatic N) is 2. The Morgan fingerprint density at radius 3 is 2.04 bits per heavy atom. The standard InChI is InChI=1S/C15H14N2O5S2/c1-17(2)24(21,22)14-9-8-13(12-6-4-3-5-7-12)10-15(14)23(19,20)16-11-18/h3-10H,1-2H3. The van der Waals surface area contributed by atoms with Crippen LogP contribution in [0.1, 0.15) is 0 Å². The van der Waals surface area contributed by atoms with Gasteiger partial charge in [0.15, 0.2) is 0 Å². The molecule has 0 amide bonds. The van der Waals surface area contributed by atoms with E-state index in [4.69, 9.17) is 0 Å². The van der Waals surface area contributed by atoms with E-state index in [0.29, 0.717) is 11.1 Å². The van der Waals surface area contributed by atoms with Crippen molar-refractivity contribution in [2.24, 2.45) is 4.40 Å². The Bertz CT molecular complexity index is 1010. The molecule has 0 heterocycles. The summed E-state index contributed by atoms with van der Waals surface area (Å²) in [6.45, 7) is 0. The molecule has 24 heavy (non-hydrogen) atoms. The maximum absolute atomic E-state index is 12.4. The van der Waals surface area contributed by atoms with Crippen LogP contribution < -0.4 is 0 Å². The van der Waals surface area contributed by atoms with Gasteiger partial charge >= 0.3 is 0 Å². The summed E-state index contributed by atoms with van der Waals surface area (Å²) in [5, 5.41) is 0. The van der Waals surface area contributed by atoms with Crippen LogP contribution in [0.25, 0.3) is 11.1 Å². The Kier molecular flexibility index (Phi) is 5.00. The second-order valence-electron chi connectivity index (χ2n) is 4.97. The lowest BCUT2D eigenvalue weighted by Gasteiger charge is -2.15. The molecular weight excluding hydrogens is 352 g/mol. The summed E-state index contributed by atoms with van der Waals surface area (Å²) < 4.78 is 52.8. The van der Waals surface area contributed by atoms with Crippen LogP contribution in [0.15, 0.2) is 62.7 Å². The molecule has 0 atom stereocenters. The number of hydrogen-bond acceptors (Lipinski definition) is 5. The fraction of sp³-hybridized carbons (Fsp3) is 0.133. The molecule has 2 aromatic rings. The van der Waals surface area contributed by atoms with Crippen molar-refractivity contribution in [3.8, 4) is 11.1 Å². The van der Waals surface area contributed by atoms with Crippen LogP contribution in [0.2, 0.25) is 0 Å². The Balaban J connectivity index is 2.82. The first-order chi connectivity index (χ1) is 11.2. The van der Waals surface area contributed by atoms with Crippen molar-refractivity contribution in [2.45, 2.75) is 9.79 Å². The third-order valence-electron chi connectivity index (χ3n) is 3.24. The molecule has 7 nitrogen and oxygen atoms in total. The van der Waals surface area contributed by atoms with E-state index >= 15 is 0 Å². The smallest absolute Gasteiger partial charge is 0.210 e. The van der Waals surface area contributed by atoms with Gasteiger partial charge in [-0.3, -0.25) is 0 Å². The molecule has 2 aromatic carbocycles. The zero-order valence-corrected chi connectivity index (χ0v) is 14.5. The molecule has 0 saturated carbocycles. The predicted molar refractivity (Wildman–Crippen MR) is 88.1 cm³/mol. The molecule has 0 unspecified atom stereocenters. The lowest BCUT2D eigenvalue weighted by molar-refractivity contribution is 0.517. The van der Waals surface area contributed by atoms with Crippen molar-refractivity contribution in [3.05, 3.63) is 48.5 Å². The van der Waals surface area contributed by atoms with E-state index in [9.17, 15) is 21.6 Å². The highest BCUT2D eigenvalue weighted by Gasteiger charge is 2.28. The van der Waals surface area contributed by atoms with Gasteiger partial charge in [0.2, 0.25) is 10.0 Å². The quantitative estimate of drug-likeness (QED) is 0.591. The van der Waals surface area contributed by atoms with Gasteiger partial charge in [0.05, 0.1) is 0 Å². The van der Waals surface area contributed by atoms with Gasteiger partial charge in [-0.05, 0) is 23.3 Å². The molecule has 0 spiro atoms. The minimum atomic E-state index is -4.49. The van der Waals surface area contributed by atoms with Crippen LogP contribution in [-0.4, -0.2) is 41.3 Å². The maximum Gasteiger partial charge on any atom is 0.294 e. The van der Waals surface area contributed by atoms with E-state index in [0.717, 1.165) is 10.4 Å². The van der Waals surface area contributed by atoms with Gasteiger partial charge in [0, 0.05) is 14.1 Å². The second kappa shape index (κ2) is 6.66. The molecular formula is C15H14N2O5S2. The number of sulfonamides is 2. The van der Waals surface area contributed by atoms with Crippen molar-refractivity contribution in [1.29, 1.82) is 0 Å². The molecule has 0 fully saturated rings. The van der Waals surface area contributed by atoms with Crippen molar-refractivity contribution >= 4 is 26.1 Å². The topological polar surface area (TPSA) is 101 Å². The molecule has 0 aliphatic heterocycles. The summed E-state index contributed by atoms with van der Waals surface area (Å²) in [4.78, 5) is 9.39. The Morgan fingerprint density at radius 2 is 1.50 bits per heavy atom. The highest BCUT2D eigenvalue weighted by Crippen LogP contribution is 2.30. The van der Waals surface area contributed by atoms with E-state index in [1.54, 1.807) is 30.3 Å². The summed E-state index contributed by atoms with van der Waals surface area (Å²) in [6.07, 6.45) is 0.952. The molecule has 0 radical (unpaired) electrons. The van der Waals surface area contributed by atoms with Crippen LogP contribution in [-0.2, 0) is 24.8 Å². The number of benzene rings is 2. The van der Waals surface area contributed by atoms with Gasteiger partial charge in [-0.1, -0.05) is 40.8 Å². The van der Waals surface area contributed by atoms with Gasteiger partial charge in [-0.15, -0.1) is 0 Å². The first-order valence-corrected chi connectivity index (χ1v) is 9.54. The van der Waals surface area contributed by atoms with Crippen LogP contribution in [0.5, 0.6) is 0 Å². The molecule has 0 bridgehead atoms. The third kappa shape index (κ3) is 3.44. The fourth-order valence-electron chi connectivity index (χ4n) is 2.03. The molecule has 0 N–H and O–H groups in total. The summed E-state index contributed by atoms with van der Waals surface area (Å²) in [5.41, 5.74) is 1.17. The Morgan fingerprint density at radius 1 is 0.875 bits per heavy atom. The molecule has 0 aliphatic carbocycles. The third-order valence-corrected chi connectivity index (χ3v) is 6.46. The van der Waals surface area contributed by atoms with Crippen LogP contribution >= 0.6 is 0 Å². The van der Waals surface area contributed by atoms with E-state index in [-0.39, 0.29) is 0 Å². The van der Waals surface area contributed by atoms with E-state index in [2.05, 4.69) is 4.40 Å². The minimum absolute atomic E-state index is 0.453. The average molecular weight is 366 g/mol. The first-order valence-electron chi connectivity index (χ1n) is 6.66. The average Bonchev–Trinajstić information content (AvgIpc) is 2.55. The van der Waals surface area contributed by atoms with Crippen LogP contribution in [0, 0.1) is 0 Å². The van der Waals surface area contributed by atoms with E-state index in [1.165, 1.54) is 32.3 Å². The van der Waals surface area contributed by atoms with Gasteiger partial charge in [0.1, 0.15) is 9.79 Å². The summed E-state index contributed by atoms with van der Waals surface area (Å²) in [7, 11) is -5.98. The molecule has 9 heteroatoms. The lowest BCUT2D eigenvalue weighted by Crippen LogP contribution is -2.24. The second-order valence-corrected chi connectivity index (χ2v) is 8.67. The van der Waals surface area contributed by atoms with Gasteiger partial charge in [0.25, 0.3) is 16.1 Å². The van der Waals surface area contributed by atoms with Crippen molar-refractivity contribution in [1.82, 2.24) is 4.31 Å². The largest absolute Gasteiger partial charge is 0.294 e. The predicted octanol–water partition coefficient (Wildman–Crippen LogP) is 1.63. The zero-order chi connectivity index (χ0) is 18.0. The van der Waals surface area contributed by atoms with Crippen molar-refractivity contribution in [2.75, 3.05) is 14.1 Å². The summed E-state index contributed by atoms with van der Waals surface area (Å²) in [6, 6.07) is 12.7. The number of rotatable bonds is 5. The highest BCUT2D eigenvalue weighted by molar-refractivity contribution is 7.92. The molecule has 2 rings (SSSR count). The SMILES string of the molecule is CN(C)S(=O)(=O)c1ccc(-c2ccccc2)cc1S(=O)(=O)N=C=O. The van der Waals surface area contributed by atoms with Crippen LogP contribution in [0.4, 0.5) is 0 Å². The van der Waals surface area contributed by atoms with E-state index < -0.39 is 29.8 Å². The number of hydrogen-bond donors (Lipinski definition) is 0. The number of carbonyl (C=O) groups excluding carboxylic acids is 1. The fourth-order valence-corrected chi connectivity index (χ4v) is 4.40. The summed E-state index contributed by atoms with van der Waals surface area (Å²) in [5.74, 6) is 0.